The molecule has 3 aromatic rings. The molecule has 0 bridgehead atoms. The van der Waals surface area contributed by atoms with Gasteiger partial charge in [0, 0.05) is 0 Å². The summed E-state index contributed by atoms with van der Waals surface area (Å²) >= 11 is 5.67. The molecular weight excluding hydrogens is 275 g/mol. The van der Waals surface area contributed by atoms with Crippen molar-refractivity contribution in [3.8, 4) is 0 Å². The van der Waals surface area contributed by atoms with E-state index >= 15 is 0 Å². The average molecular weight is 287 g/mol. The quantitative estimate of drug-likeness (QED) is 0.723. The molecule has 100 valence electrons. The third-order valence-electron chi connectivity index (χ3n) is 3.38. The van der Waals surface area contributed by atoms with Crippen LogP contribution < -0.4 is 0 Å². The lowest BCUT2D eigenvalue weighted by Crippen LogP contribution is -2.01. The minimum absolute atomic E-state index is 0.0545. The average Bonchev–Trinajstić information content (AvgIpc) is 2.49. The maximum absolute atomic E-state index is 13.5. The Balaban J connectivity index is 2.12. The highest BCUT2D eigenvalue weighted by molar-refractivity contribution is 6.30. The lowest BCUT2D eigenvalue weighted by molar-refractivity contribution is 0.221. The Morgan fingerprint density at radius 1 is 0.950 bits per heavy atom. The van der Waals surface area contributed by atoms with Gasteiger partial charge in [-0.05, 0) is 34.0 Å². The summed E-state index contributed by atoms with van der Waals surface area (Å²) < 4.78 is 13.5. The Morgan fingerprint density at radius 3 is 2.50 bits per heavy atom. The van der Waals surface area contributed by atoms with Gasteiger partial charge in [-0.1, -0.05) is 60.1 Å². The van der Waals surface area contributed by atoms with Crippen molar-refractivity contribution in [2.45, 2.75) is 6.10 Å². The van der Waals surface area contributed by atoms with Crippen LogP contribution in [0.5, 0.6) is 0 Å². The van der Waals surface area contributed by atoms with Crippen molar-refractivity contribution in [1.29, 1.82) is 0 Å². The largest absolute Gasteiger partial charge is 0.384 e. The van der Waals surface area contributed by atoms with E-state index in [-0.39, 0.29) is 5.02 Å². The van der Waals surface area contributed by atoms with E-state index in [0.717, 1.165) is 16.3 Å². The van der Waals surface area contributed by atoms with Gasteiger partial charge in [0.05, 0.1) is 5.02 Å². The predicted molar refractivity (Wildman–Crippen MR) is 79.4 cm³/mol. The lowest BCUT2D eigenvalue weighted by atomic mass is 9.96. The molecule has 0 heterocycles. The van der Waals surface area contributed by atoms with Gasteiger partial charge < -0.3 is 5.11 Å². The zero-order chi connectivity index (χ0) is 14.1. The van der Waals surface area contributed by atoms with Gasteiger partial charge in [-0.25, -0.2) is 4.39 Å². The highest BCUT2D eigenvalue weighted by Gasteiger charge is 2.14. The Hall–Kier alpha value is -1.90. The third-order valence-corrected chi connectivity index (χ3v) is 3.68. The number of halogens is 2. The van der Waals surface area contributed by atoms with Crippen molar-refractivity contribution in [2.75, 3.05) is 0 Å². The Labute approximate surface area is 121 Å². The summed E-state index contributed by atoms with van der Waals surface area (Å²) in [7, 11) is 0. The van der Waals surface area contributed by atoms with Crippen LogP contribution in [0.3, 0.4) is 0 Å². The van der Waals surface area contributed by atoms with Gasteiger partial charge in [0.2, 0.25) is 0 Å². The van der Waals surface area contributed by atoms with Crippen LogP contribution in [0.15, 0.2) is 60.7 Å². The van der Waals surface area contributed by atoms with Gasteiger partial charge in [0.15, 0.2) is 0 Å². The van der Waals surface area contributed by atoms with Crippen molar-refractivity contribution in [3.05, 3.63) is 82.6 Å². The number of rotatable bonds is 2. The minimum Gasteiger partial charge on any atom is -0.384 e. The second-order valence-electron chi connectivity index (χ2n) is 4.64. The summed E-state index contributed by atoms with van der Waals surface area (Å²) in [5, 5.41) is 12.5. The minimum atomic E-state index is -0.882. The van der Waals surface area contributed by atoms with Crippen molar-refractivity contribution < 1.29 is 9.50 Å². The normalized spacial score (nSPS) is 12.6. The van der Waals surface area contributed by atoms with Crippen LogP contribution in [0.4, 0.5) is 4.39 Å². The smallest absolute Gasteiger partial charge is 0.142 e. The number of benzene rings is 3. The second-order valence-corrected chi connectivity index (χ2v) is 5.05. The van der Waals surface area contributed by atoms with Gasteiger partial charge in [-0.3, -0.25) is 0 Å². The van der Waals surface area contributed by atoms with E-state index in [1.54, 1.807) is 6.07 Å². The van der Waals surface area contributed by atoms with E-state index in [1.165, 1.54) is 12.1 Å². The summed E-state index contributed by atoms with van der Waals surface area (Å²) in [6.07, 6.45) is -0.882. The first-order chi connectivity index (χ1) is 9.66. The Morgan fingerprint density at radius 2 is 1.70 bits per heavy atom. The van der Waals surface area contributed by atoms with Crippen LogP contribution in [0.25, 0.3) is 10.8 Å². The molecule has 0 saturated heterocycles. The first-order valence-electron chi connectivity index (χ1n) is 6.27. The molecule has 1 nitrogen and oxygen atoms in total. The van der Waals surface area contributed by atoms with Crippen molar-refractivity contribution in [3.63, 3.8) is 0 Å². The van der Waals surface area contributed by atoms with Gasteiger partial charge in [0.25, 0.3) is 0 Å². The molecule has 0 spiro atoms. The maximum Gasteiger partial charge on any atom is 0.142 e. The molecule has 0 aliphatic rings. The summed E-state index contributed by atoms with van der Waals surface area (Å²) in [5.74, 6) is -0.525. The standard InChI is InChI=1S/C17H12ClFO/c18-15-9-8-12(10-16(15)19)17(20)14-7-3-5-11-4-1-2-6-13(11)14/h1-10,17,20H. The van der Waals surface area contributed by atoms with E-state index in [2.05, 4.69) is 0 Å². The zero-order valence-electron chi connectivity index (χ0n) is 10.6. The van der Waals surface area contributed by atoms with Gasteiger partial charge in [-0.15, -0.1) is 0 Å². The molecule has 3 rings (SSSR count). The van der Waals surface area contributed by atoms with Crippen LogP contribution in [0, 0.1) is 5.82 Å². The first-order valence-corrected chi connectivity index (χ1v) is 6.65. The van der Waals surface area contributed by atoms with Gasteiger partial charge in [0.1, 0.15) is 11.9 Å². The summed E-state index contributed by atoms with van der Waals surface area (Å²) in [6.45, 7) is 0. The maximum atomic E-state index is 13.5. The topological polar surface area (TPSA) is 20.2 Å². The molecule has 3 heteroatoms. The summed E-state index contributed by atoms with van der Waals surface area (Å²) in [5.41, 5.74) is 1.24. The molecule has 0 aromatic heterocycles. The fourth-order valence-corrected chi connectivity index (χ4v) is 2.47. The van der Waals surface area contributed by atoms with Crippen LogP contribution in [-0.2, 0) is 0 Å². The first kappa shape index (κ1) is 13.1. The monoisotopic (exact) mass is 286 g/mol. The molecule has 0 amide bonds. The SMILES string of the molecule is OC(c1ccc(Cl)c(F)c1)c1cccc2ccccc12. The predicted octanol–water partition coefficient (Wildman–Crippen LogP) is 4.71. The van der Waals surface area contributed by atoms with Crippen molar-refractivity contribution in [1.82, 2.24) is 0 Å². The fraction of sp³-hybridized carbons (Fsp3) is 0.0588. The molecule has 3 aromatic carbocycles. The highest BCUT2D eigenvalue weighted by Crippen LogP contribution is 2.30. The molecule has 0 fully saturated rings. The fourth-order valence-electron chi connectivity index (χ4n) is 2.35. The number of hydrogen-bond acceptors (Lipinski definition) is 1. The zero-order valence-corrected chi connectivity index (χ0v) is 11.3. The molecule has 1 unspecified atom stereocenters. The highest BCUT2D eigenvalue weighted by atomic mass is 35.5. The second kappa shape index (κ2) is 5.23. The Bertz CT molecular complexity index is 765. The van der Waals surface area contributed by atoms with E-state index in [4.69, 9.17) is 11.6 Å². The van der Waals surface area contributed by atoms with Crippen LogP contribution in [0.2, 0.25) is 5.02 Å². The van der Waals surface area contributed by atoms with E-state index in [1.807, 2.05) is 42.5 Å². The van der Waals surface area contributed by atoms with Crippen LogP contribution in [0.1, 0.15) is 17.2 Å². The van der Waals surface area contributed by atoms with E-state index in [9.17, 15) is 9.50 Å². The summed E-state index contributed by atoms with van der Waals surface area (Å²) in [6, 6.07) is 17.9. The van der Waals surface area contributed by atoms with Gasteiger partial charge in [-0.2, -0.15) is 0 Å². The third kappa shape index (κ3) is 2.28. The number of fused-ring (bicyclic) bond motifs is 1. The van der Waals surface area contributed by atoms with E-state index in [0.29, 0.717) is 5.56 Å². The molecule has 0 aliphatic carbocycles. The van der Waals surface area contributed by atoms with Crippen LogP contribution >= 0.6 is 11.6 Å². The number of aliphatic hydroxyl groups excluding tert-OH is 1. The molecule has 0 aliphatic heterocycles. The van der Waals surface area contributed by atoms with E-state index < -0.39 is 11.9 Å². The van der Waals surface area contributed by atoms with Crippen molar-refractivity contribution in [2.24, 2.45) is 0 Å². The molecule has 1 N–H and O–H groups in total. The molecule has 20 heavy (non-hydrogen) atoms. The Kier molecular flexibility index (Phi) is 3.43. The van der Waals surface area contributed by atoms with Gasteiger partial charge >= 0.3 is 0 Å². The lowest BCUT2D eigenvalue weighted by Gasteiger charge is -2.14. The summed E-state index contributed by atoms with van der Waals surface area (Å²) in [4.78, 5) is 0. The van der Waals surface area contributed by atoms with Crippen LogP contribution in [-0.4, -0.2) is 5.11 Å². The van der Waals surface area contributed by atoms with Crippen molar-refractivity contribution >= 4 is 22.4 Å². The number of hydrogen-bond donors (Lipinski definition) is 1. The number of aliphatic hydroxyl groups is 1. The molecular formula is C17H12ClFO. The molecule has 0 saturated carbocycles. The molecule has 1 atom stereocenters. The molecule has 0 radical (unpaired) electrons.